The minimum Gasteiger partial charge on any atom is -0.323 e. The Morgan fingerprint density at radius 3 is 2.43 bits per heavy atom. The molecule has 2 atom stereocenters. The molecule has 2 aromatic carbocycles. The molecule has 2 N–H and O–H groups in total. The summed E-state index contributed by atoms with van der Waals surface area (Å²) in [5.41, 5.74) is 9.44. The topological polar surface area (TPSA) is 60.2 Å². The van der Waals surface area contributed by atoms with Crippen LogP contribution in [0.15, 0.2) is 53.4 Å². The van der Waals surface area contributed by atoms with Gasteiger partial charge in [-0.15, -0.1) is 0 Å². The van der Waals surface area contributed by atoms with Crippen molar-refractivity contribution in [3.63, 3.8) is 0 Å². The van der Waals surface area contributed by atoms with Crippen LogP contribution in [0.1, 0.15) is 29.2 Å². The number of nitrogens with two attached hydrogens (primary N) is 1. The van der Waals surface area contributed by atoms with E-state index in [4.69, 9.17) is 5.73 Å². The SMILES string of the molecule is Cc1ccc(S(=O)(=O)C2CCc3ccccc3C2N)cc1. The highest BCUT2D eigenvalue weighted by molar-refractivity contribution is 7.92. The molecule has 1 aliphatic carbocycles. The molecule has 0 amide bonds. The Labute approximate surface area is 125 Å². The van der Waals surface area contributed by atoms with Crippen molar-refractivity contribution in [3.05, 3.63) is 65.2 Å². The van der Waals surface area contributed by atoms with Gasteiger partial charge < -0.3 is 5.73 Å². The van der Waals surface area contributed by atoms with E-state index >= 15 is 0 Å². The molecule has 3 nitrogen and oxygen atoms in total. The molecule has 2 unspecified atom stereocenters. The maximum absolute atomic E-state index is 12.8. The van der Waals surface area contributed by atoms with E-state index in [-0.39, 0.29) is 0 Å². The molecule has 110 valence electrons. The van der Waals surface area contributed by atoms with E-state index in [2.05, 4.69) is 0 Å². The average molecular weight is 301 g/mol. The van der Waals surface area contributed by atoms with Crippen LogP contribution in [-0.4, -0.2) is 13.7 Å². The summed E-state index contributed by atoms with van der Waals surface area (Å²) in [6.45, 7) is 1.94. The van der Waals surface area contributed by atoms with E-state index in [1.807, 2.05) is 43.3 Å². The molecule has 1 aliphatic rings. The van der Waals surface area contributed by atoms with Gasteiger partial charge in [0.05, 0.1) is 10.1 Å². The molecule has 2 aromatic rings. The Hall–Kier alpha value is -1.65. The van der Waals surface area contributed by atoms with Crippen molar-refractivity contribution in [2.75, 3.05) is 0 Å². The quantitative estimate of drug-likeness (QED) is 0.928. The highest BCUT2D eigenvalue weighted by Crippen LogP contribution is 2.35. The van der Waals surface area contributed by atoms with Crippen molar-refractivity contribution >= 4 is 9.84 Å². The molecule has 21 heavy (non-hydrogen) atoms. The standard InChI is InChI=1S/C17H19NO2S/c1-12-6-9-14(10-7-12)21(19,20)16-11-8-13-4-2-3-5-15(13)17(16)18/h2-7,9-10,16-17H,8,11,18H2,1H3. The van der Waals surface area contributed by atoms with E-state index in [0.29, 0.717) is 11.3 Å². The zero-order valence-corrected chi connectivity index (χ0v) is 12.8. The molecule has 3 rings (SSSR count). The fourth-order valence-electron chi connectivity index (χ4n) is 3.02. The molecular formula is C17H19NO2S. The average Bonchev–Trinajstić information content (AvgIpc) is 2.48. The second-order valence-corrected chi connectivity index (χ2v) is 7.83. The van der Waals surface area contributed by atoms with Crippen LogP contribution in [0.25, 0.3) is 0 Å². The summed E-state index contributed by atoms with van der Waals surface area (Å²) in [5, 5.41) is -0.546. The van der Waals surface area contributed by atoms with Crippen molar-refractivity contribution in [1.82, 2.24) is 0 Å². The zero-order chi connectivity index (χ0) is 15.0. The maximum atomic E-state index is 12.8. The number of aryl methyl sites for hydroxylation is 2. The highest BCUT2D eigenvalue weighted by atomic mass is 32.2. The summed E-state index contributed by atoms with van der Waals surface area (Å²) in [6, 6.07) is 14.4. The summed E-state index contributed by atoms with van der Waals surface area (Å²) in [5.74, 6) is 0. The Morgan fingerprint density at radius 2 is 1.71 bits per heavy atom. The molecule has 0 saturated carbocycles. The lowest BCUT2D eigenvalue weighted by Crippen LogP contribution is -2.37. The van der Waals surface area contributed by atoms with Crippen LogP contribution in [0.4, 0.5) is 0 Å². The first-order valence-electron chi connectivity index (χ1n) is 7.14. The van der Waals surface area contributed by atoms with Crippen molar-refractivity contribution in [2.45, 2.75) is 36.0 Å². The summed E-state index contributed by atoms with van der Waals surface area (Å²) < 4.78 is 25.7. The Morgan fingerprint density at radius 1 is 1.05 bits per heavy atom. The van der Waals surface area contributed by atoms with Crippen LogP contribution in [0.5, 0.6) is 0 Å². The molecule has 0 saturated heterocycles. The molecule has 4 heteroatoms. The fourth-order valence-corrected chi connectivity index (χ4v) is 4.84. The van der Waals surface area contributed by atoms with Crippen LogP contribution >= 0.6 is 0 Å². The number of benzene rings is 2. The third-order valence-corrected chi connectivity index (χ3v) is 6.52. The molecule has 0 spiro atoms. The molecule has 0 aliphatic heterocycles. The Bertz CT molecular complexity index is 751. The van der Waals surface area contributed by atoms with Crippen molar-refractivity contribution in [2.24, 2.45) is 5.73 Å². The monoisotopic (exact) mass is 301 g/mol. The van der Waals surface area contributed by atoms with Gasteiger partial charge in [0, 0.05) is 6.04 Å². The molecular weight excluding hydrogens is 282 g/mol. The summed E-state index contributed by atoms with van der Waals surface area (Å²) in [6.07, 6.45) is 1.34. The van der Waals surface area contributed by atoms with Crippen LogP contribution in [0.3, 0.4) is 0 Å². The van der Waals surface area contributed by atoms with Crippen molar-refractivity contribution < 1.29 is 8.42 Å². The zero-order valence-electron chi connectivity index (χ0n) is 12.0. The Kier molecular flexibility index (Phi) is 3.59. The van der Waals surface area contributed by atoms with Crippen LogP contribution in [0, 0.1) is 6.92 Å². The van der Waals surface area contributed by atoms with Crippen LogP contribution in [0.2, 0.25) is 0 Å². The van der Waals surface area contributed by atoms with Crippen molar-refractivity contribution in [3.8, 4) is 0 Å². The van der Waals surface area contributed by atoms with Gasteiger partial charge in [-0.3, -0.25) is 0 Å². The van der Waals surface area contributed by atoms with Gasteiger partial charge in [0.25, 0.3) is 0 Å². The summed E-state index contributed by atoms with van der Waals surface area (Å²) >= 11 is 0. The lowest BCUT2D eigenvalue weighted by molar-refractivity contribution is 0.521. The third kappa shape index (κ3) is 2.49. The smallest absolute Gasteiger partial charge is 0.183 e. The van der Waals surface area contributed by atoms with Gasteiger partial charge in [-0.25, -0.2) is 8.42 Å². The predicted octanol–water partition coefficient (Wildman–Crippen LogP) is 2.78. The molecule has 0 fully saturated rings. The summed E-state index contributed by atoms with van der Waals surface area (Å²) in [7, 11) is -3.40. The van der Waals surface area contributed by atoms with E-state index in [1.165, 1.54) is 5.56 Å². The summed E-state index contributed by atoms with van der Waals surface area (Å²) in [4.78, 5) is 0.368. The largest absolute Gasteiger partial charge is 0.323 e. The third-order valence-electron chi connectivity index (χ3n) is 4.26. The number of hydrogen-bond donors (Lipinski definition) is 1. The van der Waals surface area contributed by atoms with E-state index in [0.717, 1.165) is 17.5 Å². The van der Waals surface area contributed by atoms with Crippen LogP contribution in [-0.2, 0) is 16.3 Å². The van der Waals surface area contributed by atoms with Gasteiger partial charge in [0.1, 0.15) is 0 Å². The minimum absolute atomic E-state index is 0.368. The second kappa shape index (κ2) is 5.28. The van der Waals surface area contributed by atoms with Gasteiger partial charge in [-0.05, 0) is 43.0 Å². The van der Waals surface area contributed by atoms with Crippen molar-refractivity contribution in [1.29, 1.82) is 0 Å². The van der Waals surface area contributed by atoms with E-state index in [9.17, 15) is 8.42 Å². The Balaban J connectivity index is 1.99. The van der Waals surface area contributed by atoms with E-state index in [1.54, 1.807) is 12.1 Å². The number of sulfone groups is 1. The second-order valence-electron chi connectivity index (χ2n) is 5.66. The van der Waals surface area contributed by atoms with Crippen LogP contribution < -0.4 is 5.73 Å². The van der Waals surface area contributed by atoms with Gasteiger partial charge in [-0.1, -0.05) is 42.0 Å². The normalized spacial score (nSPS) is 21.8. The van der Waals surface area contributed by atoms with Gasteiger partial charge in [0.2, 0.25) is 0 Å². The first-order valence-corrected chi connectivity index (χ1v) is 8.69. The number of fused-ring (bicyclic) bond motifs is 1. The predicted molar refractivity (Wildman–Crippen MR) is 83.8 cm³/mol. The van der Waals surface area contributed by atoms with Gasteiger partial charge in [-0.2, -0.15) is 0 Å². The minimum atomic E-state index is -3.40. The van der Waals surface area contributed by atoms with Gasteiger partial charge in [0.15, 0.2) is 9.84 Å². The fraction of sp³-hybridized carbons (Fsp3) is 0.294. The first kappa shape index (κ1) is 14.3. The number of hydrogen-bond acceptors (Lipinski definition) is 3. The lowest BCUT2D eigenvalue weighted by Gasteiger charge is -2.30. The molecule has 0 aromatic heterocycles. The van der Waals surface area contributed by atoms with Gasteiger partial charge >= 0.3 is 0 Å². The first-order chi connectivity index (χ1) is 10.00. The highest BCUT2D eigenvalue weighted by Gasteiger charge is 2.36. The molecule has 0 heterocycles. The molecule has 0 bridgehead atoms. The lowest BCUT2D eigenvalue weighted by atomic mass is 9.88. The molecule has 0 radical (unpaired) electrons. The van der Waals surface area contributed by atoms with E-state index < -0.39 is 21.1 Å². The maximum Gasteiger partial charge on any atom is 0.183 e. The number of rotatable bonds is 2.